The Bertz CT molecular complexity index is 893. The number of carbonyl (C=O) groups excluding carboxylic acids is 1. The topological polar surface area (TPSA) is 119 Å². The number of non-ortho nitro benzene ring substituents is 1. The summed E-state index contributed by atoms with van der Waals surface area (Å²) in [6.07, 6.45) is 2.69. The van der Waals surface area contributed by atoms with Crippen LogP contribution in [0, 0.1) is 10.1 Å². The number of rotatable bonds is 6. The Hall–Kier alpha value is -3.39. The second kappa shape index (κ2) is 8.13. The van der Waals surface area contributed by atoms with Crippen LogP contribution < -0.4 is 10.1 Å². The van der Waals surface area contributed by atoms with E-state index in [0.717, 1.165) is 0 Å². The average Bonchev–Trinajstić information content (AvgIpc) is 2.61. The zero-order valence-electron chi connectivity index (χ0n) is 13.4. The van der Waals surface area contributed by atoms with Crippen LogP contribution in [0.5, 0.6) is 5.75 Å². The Morgan fingerprint density at radius 2 is 1.92 bits per heavy atom. The first-order valence-electron chi connectivity index (χ1n) is 7.16. The van der Waals surface area contributed by atoms with Crippen molar-refractivity contribution in [3.63, 3.8) is 0 Å². The highest BCUT2D eigenvalue weighted by Gasteiger charge is 2.15. The van der Waals surface area contributed by atoms with Crippen molar-refractivity contribution in [3.05, 3.63) is 68.7 Å². The SMILES string of the molecule is COc1cc(NC(=O)/C=C/c2ccc([N+](=O)[O-])cc2)c(Cl)cc1C(=O)O. The normalized spacial score (nSPS) is 10.5. The average molecular weight is 377 g/mol. The maximum Gasteiger partial charge on any atom is 0.339 e. The third-order valence-corrected chi connectivity index (χ3v) is 3.62. The molecule has 8 nitrogen and oxygen atoms in total. The van der Waals surface area contributed by atoms with E-state index in [0.29, 0.717) is 5.56 Å². The molecule has 0 aliphatic rings. The molecule has 0 saturated carbocycles. The highest BCUT2D eigenvalue weighted by atomic mass is 35.5. The molecule has 2 aromatic carbocycles. The number of ether oxygens (including phenoxy) is 1. The summed E-state index contributed by atoms with van der Waals surface area (Å²) >= 11 is 5.99. The third-order valence-electron chi connectivity index (χ3n) is 3.31. The molecule has 0 fully saturated rings. The molecule has 134 valence electrons. The molecule has 26 heavy (non-hydrogen) atoms. The zero-order chi connectivity index (χ0) is 19.3. The fraction of sp³-hybridized carbons (Fsp3) is 0.0588. The fourth-order valence-electron chi connectivity index (χ4n) is 2.04. The van der Waals surface area contributed by atoms with Gasteiger partial charge in [-0.1, -0.05) is 11.6 Å². The summed E-state index contributed by atoms with van der Waals surface area (Å²) in [6, 6.07) is 8.13. The van der Waals surface area contributed by atoms with Gasteiger partial charge in [-0.3, -0.25) is 14.9 Å². The third kappa shape index (κ3) is 4.58. The van der Waals surface area contributed by atoms with Gasteiger partial charge in [0.05, 0.1) is 22.7 Å². The number of amides is 1. The van der Waals surface area contributed by atoms with E-state index in [1.807, 2.05) is 0 Å². The van der Waals surface area contributed by atoms with Crippen LogP contribution in [-0.2, 0) is 4.79 Å². The van der Waals surface area contributed by atoms with Crippen LogP contribution in [0.15, 0.2) is 42.5 Å². The predicted molar refractivity (Wildman–Crippen MR) is 95.7 cm³/mol. The van der Waals surface area contributed by atoms with E-state index in [1.165, 1.54) is 55.7 Å². The lowest BCUT2D eigenvalue weighted by molar-refractivity contribution is -0.384. The number of carboxylic acid groups (broad SMARTS) is 1. The molecule has 0 spiro atoms. The Balaban J connectivity index is 2.14. The molecule has 0 radical (unpaired) electrons. The van der Waals surface area contributed by atoms with Crippen molar-refractivity contribution in [1.82, 2.24) is 0 Å². The number of hydrogen-bond donors (Lipinski definition) is 2. The highest BCUT2D eigenvalue weighted by Crippen LogP contribution is 2.31. The number of hydrogen-bond acceptors (Lipinski definition) is 5. The monoisotopic (exact) mass is 376 g/mol. The molecule has 2 rings (SSSR count). The van der Waals surface area contributed by atoms with Crippen molar-refractivity contribution < 1.29 is 24.4 Å². The van der Waals surface area contributed by atoms with E-state index < -0.39 is 16.8 Å². The van der Waals surface area contributed by atoms with E-state index in [9.17, 15) is 19.7 Å². The van der Waals surface area contributed by atoms with Crippen molar-refractivity contribution in [3.8, 4) is 5.75 Å². The smallest absolute Gasteiger partial charge is 0.339 e. The Morgan fingerprint density at radius 1 is 1.27 bits per heavy atom. The number of aromatic carboxylic acids is 1. The molecular weight excluding hydrogens is 364 g/mol. The molecule has 9 heteroatoms. The molecule has 2 aromatic rings. The molecule has 1 amide bonds. The molecule has 0 unspecified atom stereocenters. The van der Waals surface area contributed by atoms with Gasteiger partial charge in [0.1, 0.15) is 11.3 Å². The van der Waals surface area contributed by atoms with Crippen molar-refractivity contribution in [2.45, 2.75) is 0 Å². The Labute approximate surface area is 152 Å². The number of carbonyl (C=O) groups is 2. The van der Waals surface area contributed by atoms with Crippen LogP contribution in [0.4, 0.5) is 11.4 Å². The van der Waals surface area contributed by atoms with Crippen LogP contribution in [0.2, 0.25) is 5.02 Å². The fourth-order valence-corrected chi connectivity index (χ4v) is 2.25. The van der Waals surface area contributed by atoms with Gasteiger partial charge in [-0.05, 0) is 29.8 Å². The number of nitrogens with one attached hydrogen (secondary N) is 1. The Morgan fingerprint density at radius 3 is 2.46 bits per heavy atom. The quantitative estimate of drug-likeness (QED) is 0.451. The van der Waals surface area contributed by atoms with Gasteiger partial charge in [0.2, 0.25) is 5.91 Å². The number of methoxy groups -OCH3 is 1. The number of halogens is 1. The minimum absolute atomic E-state index is 0.0419. The van der Waals surface area contributed by atoms with Crippen molar-refractivity contribution >= 4 is 40.9 Å². The first-order chi connectivity index (χ1) is 12.3. The Kier molecular flexibility index (Phi) is 5.92. The number of nitro benzene ring substituents is 1. The van der Waals surface area contributed by atoms with Gasteiger partial charge in [-0.2, -0.15) is 0 Å². The number of anilines is 1. The molecule has 2 N–H and O–H groups in total. The lowest BCUT2D eigenvalue weighted by atomic mass is 10.1. The standard InChI is InChI=1S/C17H13ClN2O6/c1-26-15-9-14(13(18)8-12(15)17(22)23)19-16(21)7-4-10-2-5-11(6-3-10)20(24)25/h2-9H,1H3,(H,19,21)(H,22,23)/b7-4+. The van der Waals surface area contributed by atoms with Crippen LogP contribution in [0.1, 0.15) is 15.9 Å². The molecule has 0 bridgehead atoms. The van der Waals surface area contributed by atoms with E-state index in [-0.39, 0.29) is 27.7 Å². The van der Waals surface area contributed by atoms with E-state index >= 15 is 0 Å². The van der Waals surface area contributed by atoms with Crippen LogP contribution in [0.3, 0.4) is 0 Å². The van der Waals surface area contributed by atoms with Gasteiger partial charge in [0, 0.05) is 24.3 Å². The zero-order valence-corrected chi connectivity index (χ0v) is 14.2. The minimum Gasteiger partial charge on any atom is -0.496 e. The molecule has 0 aromatic heterocycles. The molecule has 0 heterocycles. The van der Waals surface area contributed by atoms with Crippen LogP contribution >= 0.6 is 11.6 Å². The number of nitrogens with zero attached hydrogens (tertiary/aromatic N) is 1. The van der Waals surface area contributed by atoms with Crippen molar-refractivity contribution in [1.29, 1.82) is 0 Å². The van der Waals surface area contributed by atoms with Gasteiger partial charge in [-0.25, -0.2) is 4.79 Å². The summed E-state index contributed by atoms with van der Waals surface area (Å²) in [6.45, 7) is 0. The van der Waals surface area contributed by atoms with Crippen molar-refractivity contribution in [2.24, 2.45) is 0 Å². The summed E-state index contributed by atoms with van der Waals surface area (Å²) in [5, 5.41) is 22.2. The van der Waals surface area contributed by atoms with Crippen molar-refractivity contribution in [2.75, 3.05) is 12.4 Å². The lowest BCUT2D eigenvalue weighted by Crippen LogP contribution is -2.09. The lowest BCUT2D eigenvalue weighted by Gasteiger charge is -2.10. The largest absolute Gasteiger partial charge is 0.496 e. The van der Waals surface area contributed by atoms with Gasteiger partial charge in [0.15, 0.2) is 0 Å². The maximum absolute atomic E-state index is 12.0. The van der Waals surface area contributed by atoms with E-state index in [1.54, 1.807) is 0 Å². The van der Waals surface area contributed by atoms with Crippen LogP contribution in [-0.4, -0.2) is 29.0 Å². The van der Waals surface area contributed by atoms with Gasteiger partial charge < -0.3 is 15.2 Å². The van der Waals surface area contributed by atoms with Gasteiger partial charge >= 0.3 is 5.97 Å². The van der Waals surface area contributed by atoms with Crippen LogP contribution in [0.25, 0.3) is 6.08 Å². The summed E-state index contributed by atoms with van der Waals surface area (Å²) in [5.74, 6) is -1.67. The molecular formula is C17H13ClN2O6. The number of carboxylic acids is 1. The summed E-state index contributed by atoms with van der Waals surface area (Å²) in [5.41, 5.74) is 0.600. The summed E-state index contributed by atoms with van der Waals surface area (Å²) in [4.78, 5) is 33.2. The van der Waals surface area contributed by atoms with Gasteiger partial charge in [-0.15, -0.1) is 0 Å². The van der Waals surface area contributed by atoms with E-state index in [4.69, 9.17) is 21.4 Å². The summed E-state index contributed by atoms with van der Waals surface area (Å²) in [7, 11) is 1.30. The molecule has 0 aliphatic heterocycles. The predicted octanol–water partition coefficient (Wildman–Crippen LogP) is 3.61. The molecule has 0 atom stereocenters. The highest BCUT2D eigenvalue weighted by molar-refractivity contribution is 6.34. The minimum atomic E-state index is -1.21. The van der Waals surface area contributed by atoms with Gasteiger partial charge in [0.25, 0.3) is 5.69 Å². The first-order valence-corrected chi connectivity index (χ1v) is 7.54. The number of nitro groups is 1. The maximum atomic E-state index is 12.0. The number of benzene rings is 2. The second-order valence-electron chi connectivity index (χ2n) is 5.01. The second-order valence-corrected chi connectivity index (χ2v) is 5.42. The molecule has 0 saturated heterocycles. The van der Waals surface area contributed by atoms with E-state index in [2.05, 4.69) is 5.32 Å². The summed E-state index contributed by atoms with van der Waals surface area (Å²) < 4.78 is 4.98. The first kappa shape index (κ1) is 18.9. The molecule has 0 aliphatic carbocycles.